The van der Waals surface area contributed by atoms with Crippen LogP contribution in [-0.2, 0) is 0 Å². The first-order chi connectivity index (χ1) is 20.3. The minimum absolute atomic E-state index is 0.0546. The van der Waals surface area contributed by atoms with Crippen LogP contribution < -0.4 is 5.32 Å². The summed E-state index contributed by atoms with van der Waals surface area (Å²) in [5.41, 5.74) is 7.86. The molecule has 0 amide bonds. The molecule has 192 valence electrons. The summed E-state index contributed by atoms with van der Waals surface area (Å²) < 4.78 is 2.35. The van der Waals surface area contributed by atoms with Gasteiger partial charge in [-0.25, -0.2) is 4.98 Å². The van der Waals surface area contributed by atoms with Crippen LogP contribution in [0, 0.1) is 0 Å². The third-order valence-electron chi connectivity index (χ3n) is 8.56. The van der Waals surface area contributed by atoms with Crippen LogP contribution in [0.2, 0.25) is 0 Å². The number of nitrogens with zero attached hydrogens (tertiary/aromatic N) is 2. The smallest absolute Gasteiger partial charge is 0.146 e. The zero-order chi connectivity index (χ0) is 26.9. The van der Waals surface area contributed by atoms with Gasteiger partial charge < -0.3 is 5.32 Å². The molecular weight excluding hydrogens is 498 g/mol. The Morgan fingerprint density at radius 1 is 0.610 bits per heavy atom. The van der Waals surface area contributed by atoms with E-state index in [1.54, 1.807) is 0 Å². The van der Waals surface area contributed by atoms with Crippen molar-refractivity contribution in [2.24, 2.45) is 0 Å². The standard InChI is InChI=1S/C38H25N3/c1-2-10-26-22-27(17-16-24(26)8-1)32-13-7-14-33(39-32)28-19-20-30-36(23-28)41-35-15-6-5-12-34(35)40-38(41)31-21-18-25-9-3-4-11-29(25)37(30)31/h1-23,33,39H. The van der Waals surface area contributed by atoms with Crippen LogP contribution in [-0.4, -0.2) is 9.38 Å². The highest BCUT2D eigenvalue weighted by Crippen LogP contribution is 2.38. The summed E-state index contributed by atoms with van der Waals surface area (Å²) in [6.07, 6.45) is 6.58. The summed E-state index contributed by atoms with van der Waals surface area (Å²) in [4.78, 5) is 5.14. The van der Waals surface area contributed by atoms with E-state index in [9.17, 15) is 0 Å². The number of allylic oxidation sites excluding steroid dienone is 2. The van der Waals surface area contributed by atoms with E-state index >= 15 is 0 Å². The Morgan fingerprint density at radius 2 is 1.39 bits per heavy atom. The minimum Gasteiger partial charge on any atom is -0.374 e. The van der Waals surface area contributed by atoms with Crippen LogP contribution in [0.1, 0.15) is 17.2 Å². The Morgan fingerprint density at radius 3 is 2.34 bits per heavy atom. The van der Waals surface area contributed by atoms with Crippen molar-refractivity contribution in [3.63, 3.8) is 0 Å². The highest BCUT2D eigenvalue weighted by atomic mass is 15.0. The van der Waals surface area contributed by atoms with Gasteiger partial charge in [0.1, 0.15) is 5.65 Å². The van der Waals surface area contributed by atoms with E-state index in [4.69, 9.17) is 4.98 Å². The van der Waals surface area contributed by atoms with Crippen LogP contribution in [0.4, 0.5) is 0 Å². The number of imidazole rings is 1. The molecule has 8 aromatic rings. The van der Waals surface area contributed by atoms with Crippen LogP contribution >= 0.6 is 0 Å². The molecule has 9 rings (SSSR count). The van der Waals surface area contributed by atoms with Gasteiger partial charge in [0, 0.05) is 21.9 Å². The lowest BCUT2D eigenvalue weighted by Gasteiger charge is -2.23. The SMILES string of the molecule is C1=CC(c2ccc3c4c5ccccc5ccc4c4nc5ccccc5n4c3c2)NC(c2ccc3ccccc3c2)=C1. The third-order valence-corrected chi connectivity index (χ3v) is 8.56. The van der Waals surface area contributed by atoms with Gasteiger partial charge in [-0.1, -0.05) is 103 Å². The second-order valence-corrected chi connectivity index (χ2v) is 10.9. The predicted octanol–water partition coefficient (Wildman–Crippen LogP) is 9.34. The Labute approximate surface area is 236 Å². The summed E-state index contributed by atoms with van der Waals surface area (Å²) in [5.74, 6) is 0. The van der Waals surface area contributed by atoms with Gasteiger partial charge in [-0.2, -0.15) is 0 Å². The van der Waals surface area contributed by atoms with Crippen molar-refractivity contribution in [3.05, 3.63) is 151 Å². The van der Waals surface area contributed by atoms with Crippen molar-refractivity contribution in [1.29, 1.82) is 0 Å². The number of para-hydroxylation sites is 2. The molecule has 0 saturated heterocycles. The summed E-state index contributed by atoms with van der Waals surface area (Å²) in [6, 6.07) is 43.7. The van der Waals surface area contributed by atoms with E-state index in [-0.39, 0.29) is 6.04 Å². The molecule has 0 saturated carbocycles. The van der Waals surface area contributed by atoms with E-state index in [0.29, 0.717) is 0 Å². The van der Waals surface area contributed by atoms with Gasteiger partial charge in [-0.15, -0.1) is 0 Å². The number of nitrogens with one attached hydrogen (secondary N) is 1. The maximum Gasteiger partial charge on any atom is 0.146 e. The molecule has 0 fully saturated rings. The molecule has 3 heterocycles. The highest BCUT2D eigenvalue weighted by molar-refractivity contribution is 6.24. The van der Waals surface area contributed by atoms with Crippen molar-refractivity contribution in [1.82, 2.24) is 14.7 Å². The van der Waals surface area contributed by atoms with Crippen molar-refractivity contribution in [2.45, 2.75) is 6.04 Å². The molecule has 1 aliphatic heterocycles. The van der Waals surface area contributed by atoms with Gasteiger partial charge >= 0.3 is 0 Å². The number of aromatic nitrogens is 2. The van der Waals surface area contributed by atoms with E-state index in [0.717, 1.165) is 22.4 Å². The molecule has 0 radical (unpaired) electrons. The van der Waals surface area contributed by atoms with Crippen LogP contribution in [0.5, 0.6) is 0 Å². The third kappa shape index (κ3) is 3.36. The largest absolute Gasteiger partial charge is 0.374 e. The van der Waals surface area contributed by atoms with Gasteiger partial charge in [0.2, 0.25) is 0 Å². The van der Waals surface area contributed by atoms with Crippen molar-refractivity contribution >= 4 is 65.6 Å². The summed E-state index contributed by atoms with van der Waals surface area (Å²) >= 11 is 0. The fourth-order valence-corrected chi connectivity index (χ4v) is 6.59. The van der Waals surface area contributed by atoms with E-state index in [1.165, 1.54) is 54.3 Å². The lowest BCUT2D eigenvalue weighted by Crippen LogP contribution is -2.20. The molecule has 0 spiro atoms. The Bertz CT molecular complexity index is 2410. The molecule has 0 aliphatic carbocycles. The van der Waals surface area contributed by atoms with Gasteiger partial charge in [0.25, 0.3) is 0 Å². The fourth-order valence-electron chi connectivity index (χ4n) is 6.59. The topological polar surface area (TPSA) is 29.3 Å². The molecular formula is C38H25N3. The molecule has 1 atom stereocenters. The quantitative estimate of drug-likeness (QED) is 0.229. The molecule has 1 aliphatic rings. The van der Waals surface area contributed by atoms with Crippen LogP contribution in [0.3, 0.4) is 0 Å². The minimum atomic E-state index is 0.0546. The molecule has 0 bridgehead atoms. The lowest BCUT2D eigenvalue weighted by atomic mass is 9.95. The average Bonchev–Trinajstić information content (AvgIpc) is 3.44. The first-order valence-electron chi connectivity index (χ1n) is 14.1. The second-order valence-electron chi connectivity index (χ2n) is 10.9. The first kappa shape index (κ1) is 22.4. The molecule has 6 aromatic carbocycles. The maximum absolute atomic E-state index is 5.14. The Hall–Kier alpha value is -5.41. The molecule has 1 N–H and O–H groups in total. The number of pyridine rings is 1. The average molecular weight is 524 g/mol. The van der Waals surface area contributed by atoms with Gasteiger partial charge in [-0.05, 0) is 69.1 Å². The van der Waals surface area contributed by atoms with Crippen LogP contribution in [0.15, 0.2) is 140 Å². The molecule has 2 aromatic heterocycles. The number of dihydropyridines is 1. The molecule has 1 unspecified atom stereocenters. The summed E-state index contributed by atoms with van der Waals surface area (Å²) in [5, 5.41) is 12.5. The van der Waals surface area contributed by atoms with Gasteiger partial charge in [0.15, 0.2) is 0 Å². The lowest BCUT2D eigenvalue weighted by molar-refractivity contribution is 0.765. The number of hydrogen-bond acceptors (Lipinski definition) is 2. The highest BCUT2D eigenvalue weighted by Gasteiger charge is 2.19. The summed E-state index contributed by atoms with van der Waals surface area (Å²) in [7, 11) is 0. The van der Waals surface area contributed by atoms with Gasteiger partial charge in [-0.3, -0.25) is 4.40 Å². The monoisotopic (exact) mass is 523 g/mol. The Kier molecular flexibility index (Phi) is 4.67. The maximum atomic E-state index is 5.14. The molecule has 41 heavy (non-hydrogen) atoms. The van der Waals surface area contributed by atoms with Crippen molar-refractivity contribution in [2.75, 3.05) is 0 Å². The summed E-state index contributed by atoms with van der Waals surface area (Å²) in [6.45, 7) is 0. The number of benzene rings is 6. The number of fused-ring (bicyclic) bond motifs is 11. The number of rotatable bonds is 2. The van der Waals surface area contributed by atoms with Crippen molar-refractivity contribution < 1.29 is 0 Å². The van der Waals surface area contributed by atoms with E-state index in [2.05, 4.69) is 149 Å². The second kappa shape index (κ2) is 8.54. The van der Waals surface area contributed by atoms with E-state index in [1.807, 2.05) is 0 Å². The normalized spacial score (nSPS) is 15.3. The van der Waals surface area contributed by atoms with E-state index < -0.39 is 0 Å². The van der Waals surface area contributed by atoms with Gasteiger partial charge in [0.05, 0.1) is 22.6 Å². The fraction of sp³-hybridized carbons (Fsp3) is 0.0263. The van der Waals surface area contributed by atoms with Crippen molar-refractivity contribution in [3.8, 4) is 0 Å². The number of hydrogen-bond donors (Lipinski definition) is 1. The molecule has 3 heteroatoms. The zero-order valence-electron chi connectivity index (χ0n) is 22.3. The van der Waals surface area contributed by atoms with Crippen LogP contribution in [0.25, 0.3) is 65.6 Å². The molecule has 3 nitrogen and oxygen atoms in total. The first-order valence-corrected chi connectivity index (χ1v) is 14.1. The Balaban J connectivity index is 1.25. The predicted molar refractivity (Wildman–Crippen MR) is 172 cm³/mol. The zero-order valence-corrected chi connectivity index (χ0v) is 22.3.